The highest BCUT2D eigenvalue weighted by Crippen LogP contribution is 2.28. The van der Waals surface area contributed by atoms with E-state index in [1.165, 1.54) is 0 Å². The molecular weight excluding hydrogens is 364 g/mol. The SMILES string of the molecule is CCOC(=O)c1cccc(Nc2cc(-c3cc(Cl)ccc3C)nc(N)n2)c1. The first-order chi connectivity index (χ1) is 13.0. The molecule has 0 atom stereocenters. The van der Waals surface area contributed by atoms with Crippen LogP contribution in [-0.4, -0.2) is 22.5 Å². The topological polar surface area (TPSA) is 90.1 Å². The summed E-state index contributed by atoms with van der Waals surface area (Å²) in [4.78, 5) is 20.4. The summed E-state index contributed by atoms with van der Waals surface area (Å²) in [6, 6.07) is 14.3. The van der Waals surface area contributed by atoms with Gasteiger partial charge in [0.25, 0.3) is 0 Å². The van der Waals surface area contributed by atoms with E-state index in [-0.39, 0.29) is 11.9 Å². The maximum absolute atomic E-state index is 11.9. The van der Waals surface area contributed by atoms with Gasteiger partial charge >= 0.3 is 5.97 Å². The molecule has 1 aromatic heterocycles. The van der Waals surface area contributed by atoms with Gasteiger partial charge in [-0.2, -0.15) is 4.98 Å². The average Bonchev–Trinajstić information content (AvgIpc) is 2.63. The van der Waals surface area contributed by atoms with Crippen molar-refractivity contribution in [3.05, 3.63) is 64.7 Å². The number of hydrogen-bond acceptors (Lipinski definition) is 6. The molecule has 27 heavy (non-hydrogen) atoms. The van der Waals surface area contributed by atoms with Crippen LogP contribution in [0.25, 0.3) is 11.3 Å². The van der Waals surface area contributed by atoms with Crippen LogP contribution in [0.1, 0.15) is 22.8 Å². The summed E-state index contributed by atoms with van der Waals surface area (Å²) in [7, 11) is 0. The number of nitrogens with two attached hydrogens (primary N) is 1. The first-order valence-corrected chi connectivity index (χ1v) is 8.79. The number of nitrogen functional groups attached to an aromatic ring is 1. The number of nitrogens with one attached hydrogen (secondary N) is 1. The molecule has 138 valence electrons. The summed E-state index contributed by atoms with van der Waals surface area (Å²) >= 11 is 6.11. The van der Waals surface area contributed by atoms with Crippen molar-refractivity contribution >= 4 is 35.0 Å². The molecule has 0 fully saturated rings. The summed E-state index contributed by atoms with van der Waals surface area (Å²) < 4.78 is 5.03. The van der Waals surface area contributed by atoms with Gasteiger partial charge in [0, 0.05) is 22.3 Å². The summed E-state index contributed by atoms with van der Waals surface area (Å²) in [5.41, 5.74) is 9.58. The van der Waals surface area contributed by atoms with E-state index in [2.05, 4.69) is 15.3 Å². The average molecular weight is 383 g/mol. The lowest BCUT2D eigenvalue weighted by Crippen LogP contribution is -2.05. The van der Waals surface area contributed by atoms with Gasteiger partial charge in [-0.05, 0) is 49.7 Å². The number of esters is 1. The number of benzene rings is 2. The van der Waals surface area contributed by atoms with Gasteiger partial charge in [-0.3, -0.25) is 0 Å². The van der Waals surface area contributed by atoms with E-state index in [0.717, 1.165) is 11.1 Å². The zero-order chi connectivity index (χ0) is 19.4. The second-order valence-electron chi connectivity index (χ2n) is 5.88. The largest absolute Gasteiger partial charge is 0.462 e. The zero-order valence-electron chi connectivity index (χ0n) is 15.0. The fourth-order valence-electron chi connectivity index (χ4n) is 2.62. The van der Waals surface area contributed by atoms with Crippen LogP contribution in [0.2, 0.25) is 5.02 Å². The van der Waals surface area contributed by atoms with E-state index < -0.39 is 0 Å². The molecule has 0 saturated carbocycles. The van der Waals surface area contributed by atoms with Crippen LogP contribution in [0.3, 0.4) is 0 Å². The second-order valence-corrected chi connectivity index (χ2v) is 6.32. The van der Waals surface area contributed by atoms with Gasteiger partial charge in [-0.15, -0.1) is 0 Å². The molecular formula is C20H19ClN4O2. The Balaban J connectivity index is 1.93. The van der Waals surface area contributed by atoms with E-state index in [4.69, 9.17) is 22.1 Å². The fraction of sp³-hybridized carbons (Fsp3) is 0.150. The van der Waals surface area contributed by atoms with Gasteiger partial charge in [-0.1, -0.05) is 23.7 Å². The Labute approximate surface area is 162 Å². The molecule has 0 amide bonds. The van der Waals surface area contributed by atoms with Crippen LogP contribution in [0.5, 0.6) is 0 Å². The normalized spacial score (nSPS) is 10.5. The maximum Gasteiger partial charge on any atom is 0.338 e. The van der Waals surface area contributed by atoms with Gasteiger partial charge in [0.05, 0.1) is 17.9 Å². The molecule has 0 aliphatic rings. The third-order valence-corrected chi connectivity index (χ3v) is 4.10. The minimum absolute atomic E-state index is 0.135. The van der Waals surface area contributed by atoms with Crippen LogP contribution in [0, 0.1) is 6.92 Å². The number of ether oxygens (including phenoxy) is 1. The monoisotopic (exact) mass is 382 g/mol. The maximum atomic E-state index is 11.9. The molecule has 0 spiro atoms. The number of rotatable bonds is 5. The summed E-state index contributed by atoms with van der Waals surface area (Å²) in [5, 5.41) is 3.77. The summed E-state index contributed by atoms with van der Waals surface area (Å²) in [6.45, 7) is 4.06. The van der Waals surface area contributed by atoms with Crippen LogP contribution in [-0.2, 0) is 4.74 Å². The molecule has 6 nitrogen and oxygen atoms in total. The Morgan fingerprint density at radius 2 is 2.00 bits per heavy atom. The highest BCUT2D eigenvalue weighted by molar-refractivity contribution is 6.30. The van der Waals surface area contributed by atoms with Crippen molar-refractivity contribution in [1.82, 2.24) is 9.97 Å². The molecule has 0 radical (unpaired) electrons. The predicted octanol–water partition coefficient (Wildman–Crippen LogP) is 4.61. The van der Waals surface area contributed by atoms with E-state index in [9.17, 15) is 4.79 Å². The Morgan fingerprint density at radius 3 is 2.78 bits per heavy atom. The van der Waals surface area contributed by atoms with Crippen LogP contribution < -0.4 is 11.1 Å². The number of hydrogen-bond donors (Lipinski definition) is 2. The molecule has 0 unspecified atom stereocenters. The lowest BCUT2D eigenvalue weighted by Gasteiger charge is -2.11. The van der Waals surface area contributed by atoms with Gasteiger partial charge in [0.15, 0.2) is 0 Å². The number of nitrogens with zero attached hydrogens (tertiary/aromatic N) is 2. The fourth-order valence-corrected chi connectivity index (χ4v) is 2.80. The van der Waals surface area contributed by atoms with Crippen LogP contribution in [0.15, 0.2) is 48.5 Å². The van der Waals surface area contributed by atoms with Crippen molar-refractivity contribution in [2.75, 3.05) is 17.7 Å². The minimum atomic E-state index is -0.376. The number of anilines is 3. The lowest BCUT2D eigenvalue weighted by atomic mass is 10.1. The summed E-state index contributed by atoms with van der Waals surface area (Å²) in [6.07, 6.45) is 0. The smallest absolute Gasteiger partial charge is 0.338 e. The third kappa shape index (κ3) is 4.54. The molecule has 0 saturated heterocycles. The van der Waals surface area contributed by atoms with Crippen molar-refractivity contribution in [2.45, 2.75) is 13.8 Å². The molecule has 3 N–H and O–H groups in total. The minimum Gasteiger partial charge on any atom is -0.462 e. The quantitative estimate of drug-likeness (QED) is 0.626. The first kappa shape index (κ1) is 18.7. The molecule has 0 aliphatic carbocycles. The number of halogens is 1. The third-order valence-electron chi connectivity index (χ3n) is 3.87. The van der Waals surface area contributed by atoms with Gasteiger partial charge in [0.2, 0.25) is 5.95 Å². The van der Waals surface area contributed by atoms with E-state index >= 15 is 0 Å². The van der Waals surface area contributed by atoms with Gasteiger partial charge in [0.1, 0.15) is 5.82 Å². The number of carbonyl (C=O) groups is 1. The van der Waals surface area contributed by atoms with Crippen molar-refractivity contribution in [3.63, 3.8) is 0 Å². The van der Waals surface area contributed by atoms with E-state index in [0.29, 0.717) is 34.4 Å². The Morgan fingerprint density at radius 1 is 1.19 bits per heavy atom. The van der Waals surface area contributed by atoms with Crippen molar-refractivity contribution in [2.24, 2.45) is 0 Å². The van der Waals surface area contributed by atoms with E-state index in [1.807, 2.05) is 31.2 Å². The molecule has 2 aromatic carbocycles. The van der Waals surface area contributed by atoms with Gasteiger partial charge < -0.3 is 15.8 Å². The molecule has 1 heterocycles. The van der Waals surface area contributed by atoms with Crippen LogP contribution in [0.4, 0.5) is 17.5 Å². The number of aryl methyl sites for hydroxylation is 1. The lowest BCUT2D eigenvalue weighted by molar-refractivity contribution is 0.0526. The standard InChI is InChI=1S/C20H19ClN4O2/c1-3-27-19(26)13-5-4-6-15(9-13)23-18-11-17(24-20(22)25-18)16-10-14(21)8-7-12(16)2/h4-11H,3H2,1-2H3,(H3,22,23,24,25). The predicted molar refractivity (Wildman–Crippen MR) is 107 cm³/mol. The van der Waals surface area contributed by atoms with Crippen LogP contribution >= 0.6 is 11.6 Å². The first-order valence-electron chi connectivity index (χ1n) is 8.41. The molecule has 0 aliphatic heterocycles. The summed E-state index contributed by atoms with van der Waals surface area (Å²) in [5.74, 6) is 0.271. The number of carbonyl (C=O) groups excluding carboxylic acids is 1. The van der Waals surface area contributed by atoms with Crippen molar-refractivity contribution < 1.29 is 9.53 Å². The van der Waals surface area contributed by atoms with Crippen molar-refractivity contribution in [3.8, 4) is 11.3 Å². The zero-order valence-corrected chi connectivity index (χ0v) is 15.7. The number of aromatic nitrogens is 2. The Bertz CT molecular complexity index is 991. The second kappa shape index (κ2) is 8.05. The molecule has 7 heteroatoms. The van der Waals surface area contributed by atoms with Crippen molar-refractivity contribution in [1.29, 1.82) is 0 Å². The highest BCUT2D eigenvalue weighted by atomic mass is 35.5. The Kier molecular flexibility index (Phi) is 5.57. The highest BCUT2D eigenvalue weighted by Gasteiger charge is 2.10. The molecule has 0 bridgehead atoms. The molecule has 3 rings (SSSR count). The Hall–Kier alpha value is -3.12. The molecule has 3 aromatic rings. The van der Waals surface area contributed by atoms with Gasteiger partial charge in [-0.25, -0.2) is 9.78 Å². The van der Waals surface area contributed by atoms with E-state index in [1.54, 1.807) is 31.2 Å².